The molecule has 0 bridgehead atoms. The summed E-state index contributed by atoms with van der Waals surface area (Å²) in [7, 11) is 0. The second kappa shape index (κ2) is 12.0. The number of nitrogens with one attached hydrogen (secondary N) is 1. The van der Waals surface area contributed by atoms with E-state index < -0.39 is 29.8 Å². The number of alkyl halides is 6. The van der Waals surface area contributed by atoms with Crippen molar-refractivity contribution in [3.05, 3.63) is 70.7 Å². The SMILES string of the molecule is C/C=C\C(=C(\C)NC=O)N1CN(c2ccc(OC(F)(F)F)cc2C)c2ncc(C(F)(F)F)cc2C1=O.CC. The number of hydrogen-bond donors (Lipinski definition) is 1. The minimum absolute atomic E-state index is 0.113. The molecule has 1 N–H and O–H groups in total. The first-order chi connectivity index (χ1) is 17.8. The Balaban J connectivity index is 0.00000247. The Hall–Kier alpha value is -4.03. The van der Waals surface area contributed by atoms with Crippen LogP contribution in [0.2, 0.25) is 0 Å². The fourth-order valence-electron chi connectivity index (χ4n) is 3.64. The van der Waals surface area contributed by atoms with E-state index in [1.165, 1.54) is 30.9 Å². The zero-order valence-electron chi connectivity index (χ0n) is 21.2. The Morgan fingerprint density at radius 3 is 2.32 bits per heavy atom. The molecule has 7 nitrogen and oxygen atoms in total. The Morgan fingerprint density at radius 2 is 1.79 bits per heavy atom. The molecule has 2 heterocycles. The highest BCUT2D eigenvalue weighted by Gasteiger charge is 2.38. The molecule has 0 fully saturated rings. The molecule has 1 aromatic carbocycles. The lowest BCUT2D eigenvalue weighted by Gasteiger charge is -2.39. The van der Waals surface area contributed by atoms with Crippen molar-refractivity contribution in [2.24, 2.45) is 0 Å². The van der Waals surface area contributed by atoms with E-state index >= 15 is 0 Å². The number of aromatic nitrogens is 1. The first-order valence-electron chi connectivity index (χ1n) is 11.3. The van der Waals surface area contributed by atoms with Crippen LogP contribution in [0.25, 0.3) is 0 Å². The maximum atomic E-state index is 13.4. The van der Waals surface area contributed by atoms with Crippen molar-refractivity contribution in [1.29, 1.82) is 0 Å². The summed E-state index contributed by atoms with van der Waals surface area (Å²) >= 11 is 0. The van der Waals surface area contributed by atoms with Gasteiger partial charge in [-0.25, -0.2) is 4.98 Å². The van der Waals surface area contributed by atoms with Crippen LogP contribution in [-0.4, -0.2) is 35.2 Å². The van der Waals surface area contributed by atoms with E-state index in [1.54, 1.807) is 13.0 Å². The molecule has 1 aromatic heterocycles. The quantitative estimate of drug-likeness (QED) is 0.258. The highest BCUT2D eigenvalue weighted by atomic mass is 19.4. The molecule has 0 radical (unpaired) electrons. The minimum atomic E-state index is -4.92. The average Bonchev–Trinajstić information content (AvgIpc) is 2.83. The van der Waals surface area contributed by atoms with Crippen LogP contribution in [0.3, 0.4) is 0 Å². The Kier molecular flexibility index (Phi) is 9.54. The van der Waals surface area contributed by atoms with Gasteiger partial charge in [-0.1, -0.05) is 19.9 Å². The molecule has 0 saturated heterocycles. The maximum Gasteiger partial charge on any atom is 0.573 e. The number of benzene rings is 1. The van der Waals surface area contributed by atoms with Gasteiger partial charge in [0.2, 0.25) is 6.41 Å². The molecule has 0 unspecified atom stereocenters. The number of halogens is 6. The second-order valence-corrected chi connectivity index (χ2v) is 7.66. The molecule has 1 aliphatic heterocycles. The van der Waals surface area contributed by atoms with E-state index in [-0.39, 0.29) is 40.7 Å². The van der Waals surface area contributed by atoms with Crippen LogP contribution >= 0.6 is 0 Å². The van der Waals surface area contributed by atoms with Crippen LogP contribution in [0, 0.1) is 6.92 Å². The molecule has 0 saturated carbocycles. The number of aryl methyl sites for hydroxylation is 1. The first-order valence-corrected chi connectivity index (χ1v) is 11.3. The smallest absolute Gasteiger partial charge is 0.406 e. The van der Waals surface area contributed by atoms with E-state index in [2.05, 4.69) is 15.0 Å². The number of ether oxygens (including phenoxy) is 1. The fourth-order valence-corrected chi connectivity index (χ4v) is 3.64. The van der Waals surface area contributed by atoms with E-state index in [1.807, 2.05) is 13.8 Å². The summed E-state index contributed by atoms with van der Waals surface area (Å²) in [6, 6.07) is 4.09. The van der Waals surface area contributed by atoms with Gasteiger partial charge in [-0.3, -0.25) is 14.5 Å². The molecule has 0 spiro atoms. The Bertz CT molecular complexity index is 1240. The van der Waals surface area contributed by atoms with Gasteiger partial charge >= 0.3 is 12.5 Å². The predicted molar refractivity (Wildman–Crippen MR) is 128 cm³/mol. The predicted octanol–water partition coefficient (Wildman–Crippen LogP) is 6.44. The zero-order chi connectivity index (χ0) is 28.8. The van der Waals surface area contributed by atoms with E-state index in [9.17, 15) is 35.9 Å². The highest BCUT2D eigenvalue weighted by molar-refractivity contribution is 6.03. The molecule has 206 valence electrons. The number of rotatable bonds is 6. The van der Waals surface area contributed by atoms with E-state index in [0.29, 0.717) is 18.7 Å². The molecule has 13 heteroatoms. The summed E-state index contributed by atoms with van der Waals surface area (Å²) in [5.74, 6) is -1.41. The largest absolute Gasteiger partial charge is 0.573 e. The standard InChI is InChI=1S/C23H20F6N4O3.C2H6/c1-4-5-19(14(3)31-11-34)33-12-32(18-7-6-16(8-13(18)2)36-23(27,28)29)20-17(21(33)35)9-15(10-30-20)22(24,25)26;1-2/h4-11H,12H2,1-3H3,(H,31,34);1-2H3/b5-4-,19-14+;. The number of carbonyl (C=O) groups excluding carboxylic acids is 2. The van der Waals surface area contributed by atoms with Crippen molar-refractivity contribution < 1.29 is 40.7 Å². The van der Waals surface area contributed by atoms with Gasteiger partial charge in [-0.2, -0.15) is 13.2 Å². The third-order valence-electron chi connectivity index (χ3n) is 5.18. The topological polar surface area (TPSA) is 74.8 Å². The van der Waals surface area contributed by atoms with Crippen LogP contribution in [0.5, 0.6) is 5.75 Å². The van der Waals surface area contributed by atoms with Gasteiger partial charge in [0.05, 0.1) is 16.8 Å². The van der Waals surface area contributed by atoms with Gasteiger partial charge in [0.25, 0.3) is 5.91 Å². The molecule has 38 heavy (non-hydrogen) atoms. The number of nitrogens with zero attached hydrogens (tertiary/aromatic N) is 3. The number of amides is 2. The molecule has 0 atom stereocenters. The number of carbonyl (C=O) groups is 2. The lowest BCUT2D eigenvalue weighted by molar-refractivity contribution is -0.274. The van der Waals surface area contributed by atoms with E-state index in [4.69, 9.17) is 0 Å². The van der Waals surface area contributed by atoms with Gasteiger partial charge in [-0.05, 0) is 56.7 Å². The lowest BCUT2D eigenvalue weighted by atomic mass is 10.1. The number of pyridine rings is 1. The van der Waals surface area contributed by atoms with Crippen molar-refractivity contribution >= 4 is 23.8 Å². The number of allylic oxidation sites excluding steroid dienone is 3. The number of anilines is 2. The summed E-state index contributed by atoms with van der Waals surface area (Å²) < 4.78 is 82.0. The van der Waals surface area contributed by atoms with Crippen molar-refractivity contribution in [2.75, 3.05) is 11.6 Å². The molecule has 3 rings (SSSR count). The van der Waals surface area contributed by atoms with Crippen molar-refractivity contribution in [2.45, 2.75) is 47.2 Å². The van der Waals surface area contributed by atoms with Gasteiger partial charge in [-0.15, -0.1) is 13.2 Å². The second-order valence-electron chi connectivity index (χ2n) is 7.66. The summed E-state index contributed by atoms with van der Waals surface area (Å²) in [5.41, 5.74) is -0.550. The van der Waals surface area contributed by atoms with E-state index in [0.717, 1.165) is 17.0 Å². The maximum absolute atomic E-state index is 13.4. The first kappa shape index (κ1) is 30.2. The zero-order valence-corrected chi connectivity index (χ0v) is 21.2. The lowest BCUT2D eigenvalue weighted by Crippen LogP contribution is -2.45. The van der Waals surface area contributed by atoms with Gasteiger partial charge in [0, 0.05) is 17.6 Å². The molecule has 2 aromatic rings. The van der Waals surface area contributed by atoms with Gasteiger partial charge in [0.1, 0.15) is 18.2 Å². The Morgan fingerprint density at radius 1 is 1.13 bits per heavy atom. The summed E-state index contributed by atoms with van der Waals surface area (Å²) in [4.78, 5) is 30.8. The third kappa shape index (κ3) is 6.84. The molecule has 2 amide bonds. The monoisotopic (exact) mass is 544 g/mol. The van der Waals surface area contributed by atoms with Crippen LogP contribution in [0.4, 0.5) is 37.8 Å². The van der Waals surface area contributed by atoms with Crippen molar-refractivity contribution in [3.8, 4) is 5.75 Å². The molecular formula is C25H26F6N4O3. The van der Waals surface area contributed by atoms with Gasteiger partial charge in [0.15, 0.2) is 0 Å². The van der Waals surface area contributed by atoms with Crippen LogP contribution in [0.15, 0.2) is 54.0 Å². The molecule has 1 aliphatic rings. The third-order valence-corrected chi connectivity index (χ3v) is 5.18. The summed E-state index contributed by atoms with van der Waals surface area (Å²) in [5, 5.41) is 2.42. The highest BCUT2D eigenvalue weighted by Crippen LogP contribution is 2.39. The number of hydrogen-bond acceptors (Lipinski definition) is 5. The van der Waals surface area contributed by atoms with Crippen molar-refractivity contribution in [1.82, 2.24) is 15.2 Å². The Labute approximate surface area is 215 Å². The van der Waals surface area contributed by atoms with Crippen molar-refractivity contribution in [3.63, 3.8) is 0 Å². The summed E-state index contributed by atoms with van der Waals surface area (Å²) in [6.07, 6.45) is -5.68. The van der Waals surface area contributed by atoms with Crippen LogP contribution in [-0.2, 0) is 11.0 Å². The minimum Gasteiger partial charge on any atom is -0.406 e. The van der Waals surface area contributed by atoms with Gasteiger partial charge < -0.3 is 15.0 Å². The number of fused-ring (bicyclic) bond motifs is 1. The fraction of sp³-hybridized carbons (Fsp3) is 0.320. The summed E-state index contributed by atoms with van der Waals surface area (Å²) in [6.45, 7) is 8.35. The molecular weight excluding hydrogens is 518 g/mol. The normalized spacial score (nSPS) is 14.4. The molecule has 0 aliphatic carbocycles. The average molecular weight is 544 g/mol. The van der Waals surface area contributed by atoms with Crippen LogP contribution in [0.1, 0.15) is 49.2 Å². The van der Waals surface area contributed by atoms with Crippen LogP contribution < -0.4 is 15.0 Å².